The first kappa shape index (κ1) is 16.9. The average Bonchev–Trinajstić information content (AvgIpc) is 2.84. The number of aryl methyl sites for hydroxylation is 2. The number of anilines is 1. The van der Waals surface area contributed by atoms with Crippen molar-refractivity contribution in [3.8, 4) is 0 Å². The summed E-state index contributed by atoms with van der Waals surface area (Å²) in [5.74, 6) is -0.847. The number of carbonyl (C=O) groups excluding carboxylic acids is 2. The molecule has 0 bridgehead atoms. The van der Waals surface area contributed by atoms with E-state index < -0.39 is 5.97 Å². The first-order valence-corrected chi connectivity index (χ1v) is 7.84. The highest BCUT2D eigenvalue weighted by atomic mass is 32.1. The van der Waals surface area contributed by atoms with Crippen LogP contribution in [0.4, 0.5) is 5.13 Å². The van der Waals surface area contributed by atoms with Gasteiger partial charge in [0, 0.05) is 11.8 Å². The standard InChI is InChI=1S/C15H17N3O4S/c1-4-22-14(21)12-10(3)16-15(23-12)17-11(19)8-18-7-5-6-9(2)13(18)20/h5-7H,4,8H2,1-3H3,(H,16,17,19). The van der Waals surface area contributed by atoms with Crippen LogP contribution in [0.1, 0.15) is 27.9 Å². The van der Waals surface area contributed by atoms with Crippen LogP contribution in [0.15, 0.2) is 23.1 Å². The number of esters is 1. The Morgan fingerprint density at radius 3 is 2.83 bits per heavy atom. The second kappa shape index (κ2) is 7.19. The maximum absolute atomic E-state index is 12.0. The van der Waals surface area contributed by atoms with E-state index in [1.165, 1.54) is 4.57 Å². The predicted octanol–water partition coefficient (Wildman–Crippen LogP) is 1.74. The Balaban J connectivity index is 2.09. The molecule has 2 aromatic heterocycles. The minimum absolute atomic E-state index is 0.117. The van der Waals surface area contributed by atoms with Gasteiger partial charge in [-0.3, -0.25) is 9.59 Å². The molecule has 0 spiro atoms. The lowest BCUT2D eigenvalue weighted by molar-refractivity contribution is -0.116. The average molecular weight is 335 g/mol. The molecule has 7 nitrogen and oxygen atoms in total. The summed E-state index contributed by atoms with van der Waals surface area (Å²) in [6, 6.07) is 3.39. The zero-order chi connectivity index (χ0) is 17.0. The summed E-state index contributed by atoms with van der Waals surface area (Å²) in [6.07, 6.45) is 1.55. The van der Waals surface area contributed by atoms with Gasteiger partial charge >= 0.3 is 5.97 Å². The summed E-state index contributed by atoms with van der Waals surface area (Å²) in [7, 11) is 0. The van der Waals surface area contributed by atoms with Gasteiger partial charge in [0.2, 0.25) is 5.91 Å². The SMILES string of the molecule is CCOC(=O)c1sc(NC(=O)Cn2cccc(C)c2=O)nc1C. The fraction of sp³-hybridized carbons (Fsp3) is 0.333. The number of carbonyl (C=O) groups is 2. The molecule has 2 rings (SSSR count). The summed E-state index contributed by atoms with van der Waals surface area (Å²) < 4.78 is 6.24. The molecule has 1 amide bonds. The largest absolute Gasteiger partial charge is 0.462 e. The van der Waals surface area contributed by atoms with E-state index in [1.807, 2.05) is 0 Å². The summed E-state index contributed by atoms with van der Waals surface area (Å²) in [6.45, 7) is 5.23. The third-order valence-electron chi connectivity index (χ3n) is 3.03. The Bertz CT molecular complexity index is 794. The van der Waals surface area contributed by atoms with Gasteiger partial charge in [-0.05, 0) is 26.8 Å². The molecule has 0 aliphatic carbocycles. The van der Waals surface area contributed by atoms with Crippen LogP contribution in [-0.4, -0.2) is 28.0 Å². The monoisotopic (exact) mass is 335 g/mol. The molecule has 0 atom stereocenters. The Hall–Kier alpha value is -2.48. The number of aromatic nitrogens is 2. The van der Waals surface area contributed by atoms with Crippen LogP contribution in [0.25, 0.3) is 0 Å². The molecule has 0 aliphatic rings. The molecule has 0 saturated carbocycles. The van der Waals surface area contributed by atoms with Gasteiger partial charge in [-0.25, -0.2) is 9.78 Å². The van der Waals surface area contributed by atoms with Gasteiger partial charge in [0.05, 0.1) is 12.3 Å². The van der Waals surface area contributed by atoms with E-state index in [0.717, 1.165) is 11.3 Å². The highest BCUT2D eigenvalue weighted by Gasteiger charge is 2.17. The minimum Gasteiger partial charge on any atom is -0.462 e. The molecule has 8 heteroatoms. The summed E-state index contributed by atoms with van der Waals surface area (Å²) in [5, 5.41) is 2.90. The number of nitrogens with one attached hydrogen (secondary N) is 1. The van der Waals surface area contributed by atoms with E-state index in [-0.39, 0.29) is 24.6 Å². The molecule has 0 saturated heterocycles. The number of nitrogens with zero attached hydrogens (tertiary/aromatic N) is 2. The van der Waals surface area contributed by atoms with Crippen molar-refractivity contribution in [2.45, 2.75) is 27.3 Å². The Labute approximate surface area is 136 Å². The van der Waals surface area contributed by atoms with Crippen LogP contribution in [0, 0.1) is 13.8 Å². The molecule has 0 unspecified atom stereocenters. The van der Waals surface area contributed by atoms with Crippen molar-refractivity contribution in [3.05, 3.63) is 44.8 Å². The molecular weight excluding hydrogens is 318 g/mol. The maximum atomic E-state index is 12.0. The number of amides is 1. The zero-order valence-electron chi connectivity index (χ0n) is 13.1. The molecular formula is C15H17N3O4S. The molecule has 23 heavy (non-hydrogen) atoms. The number of pyridine rings is 1. The van der Waals surface area contributed by atoms with Crippen LogP contribution in [0.5, 0.6) is 0 Å². The van der Waals surface area contributed by atoms with E-state index >= 15 is 0 Å². The normalized spacial score (nSPS) is 10.4. The van der Waals surface area contributed by atoms with Gasteiger partial charge in [-0.2, -0.15) is 0 Å². The number of ether oxygens (including phenoxy) is 1. The van der Waals surface area contributed by atoms with Gasteiger partial charge in [0.15, 0.2) is 5.13 Å². The summed E-state index contributed by atoms with van der Waals surface area (Å²) >= 11 is 1.05. The number of rotatable bonds is 5. The summed E-state index contributed by atoms with van der Waals surface area (Å²) in [5.41, 5.74) is 0.844. The molecule has 2 heterocycles. The smallest absolute Gasteiger partial charge is 0.350 e. The zero-order valence-corrected chi connectivity index (χ0v) is 13.9. The molecule has 0 aliphatic heterocycles. The fourth-order valence-corrected chi connectivity index (χ4v) is 2.81. The number of thiazole rings is 1. The third kappa shape index (κ3) is 4.04. The van der Waals surface area contributed by atoms with Gasteiger partial charge in [0.25, 0.3) is 5.56 Å². The molecule has 1 N–H and O–H groups in total. The molecule has 122 valence electrons. The van der Waals surface area contributed by atoms with Crippen molar-refractivity contribution in [1.82, 2.24) is 9.55 Å². The Morgan fingerprint density at radius 1 is 1.39 bits per heavy atom. The van der Waals surface area contributed by atoms with E-state index in [1.54, 1.807) is 39.1 Å². The van der Waals surface area contributed by atoms with Crippen LogP contribution in [-0.2, 0) is 16.1 Å². The van der Waals surface area contributed by atoms with E-state index in [4.69, 9.17) is 4.74 Å². The first-order valence-electron chi connectivity index (χ1n) is 7.02. The third-order valence-corrected chi connectivity index (χ3v) is 4.08. The van der Waals surface area contributed by atoms with Crippen LogP contribution < -0.4 is 10.9 Å². The van der Waals surface area contributed by atoms with E-state index in [9.17, 15) is 14.4 Å². The Morgan fingerprint density at radius 2 is 2.13 bits per heavy atom. The molecule has 0 aromatic carbocycles. The number of hydrogen-bond acceptors (Lipinski definition) is 6. The van der Waals surface area contributed by atoms with Crippen molar-refractivity contribution in [2.24, 2.45) is 0 Å². The van der Waals surface area contributed by atoms with Crippen molar-refractivity contribution in [3.63, 3.8) is 0 Å². The Kier molecular flexibility index (Phi) is 5.28. The topological polar surface area (TPSA) is 90.3 Å². The van der Waals surface area contributed by atoms with E-state index in [2.05, 4.69) is 10.3 Å². The second-order valence-corrected chi connectivity index (χ2v) is 5.83. The van der Waals surface area contributed by atoms with Crippen LogP contribution >= 0.6 is 11.3 Å². The minimum atomic E-state index is -0.460. The summed E-state index contributed by atoms with van der Waals surface area (Å²) in [4.78, 5) is 40.1. The lowest BCUT2D eigenvalue weighted by Gasteiger charge is -2.05. The lowest BCUT2D eigenvalue weighted by Crippen LogP contribution is -2.28. The molecule has 0 radical (unpaired) electrons. The quantitative estimate of drug-likeness (QED) is 0.841. The van der Waals surface area contributed by atoms with Gasteiger partial charge < -0.3 is 14.6 Å². The van der Waals surface area contributed by atoms with Gasteiger partial charge in [-0.15, -0.1) is 0 Å². The van der Waals surface area contributed by atoms with Crippen molar-refractivity contribution >= 4 is 28.3 Å². The predicted molar refractivity (Wildman–Crippen MR) is 86.9 cm³/mol. The van der Waals surface area contributed by atoms with Crippen molar-refractivity contribution in [2.75, 3.05) is 11.9 Å². The fourth-order valence-electron chi connectivity index (χ4n) is 1.93. The highest BCUT2D eigenvalue weighted by Crippen LogP contribution is 2.23. The molecule has 0 fully saturated rings. The molecule has 2 aromatic rings. The van der Waals surface area contributed by atoms with Crippen molar-refractivity contribution < 1.29 is 14.3 Å². The van der Waals surface area contributed by atoms with Gasteiger partial charge in [-0.1, -0.05) is 17.4 Å². The second-order valence-electron chi connectivity index (χ2n) is 4.83. The van der Waals surface area contributed by atoms with Crippen LogP contribution in [0.3, 0.4) is 0 Å². The van der Waals surface area contributed by atoms with Crippen molar-refractivity contribution in [1.29, 1.82) is 0 Å². The first-order chi connectivity index (χ1) is 10.9. The van der Waals surface area contributed by atoms with Crippen LogP contribution in [0.2, 0.25) is 0 Å². The number of hydrogen-bond donors (Lipinski definition) is 1. The lowest BCUT2D eigenvalue weighted by atomic mass is 10.3. The maximum Gasteiger partial charge on any atom is 0.350 e. The van der Waals surface area contributed by atoms with Gasteiger partial charge in [0.1, 0.15) is 11.4 Å². The highest BCUT2D eigenvalue weighted by molar-refractivity contribution is 7.17. The van der Waals surface area contributed by atoms with E-state index in [0.29, 0.717) is 21.3 Å².